The lowest BCUT2D eigenvalue weighted by Gasteiger charge is -2.03. The van der Waals surface area contributed by atoms with E-state index < -0.39 is 0 Å². The standard InChI is InChI=1S/C13H11NO3/c1-10(16)9-13(17)14-12-6-4-11(5-7-12)3-2-8-15/h4-8H,9H2,1H3,(H,14,17). The van der Waals surface area contributed by atoms with Gasteiger partial charge in [0.05, 0.1) is 6.42 Å². The van der Waals surface area contributed by atoms with Crippen molar-refractivity contribution in [1.29, 1.82) is 0 Å². The minimum absolute atomic E-state index is 0.132. The van der Waals surface area contributed by atoms with Crippen LogP contribution < -0.4 is 5.32 Å². The third kappa shape index (κ3) is 4.76. The molecule has 0 saturated heterocycles. The van der Waals surface area contributed by atoms with E-state index >= 15 is 0 Å². The number of rotatable bonds is 3. The molecule has 0 unspecified atom stereocenters. The zero-order valence-corrected chi connectivity index (χ0v) is 9.32. The van der Waals surface area contributed by atoms with Gasteiger partial charge >= 0.3 is 0 Å². The van der Waals surface area contributed by atoms with Crippen LogP contribution in [0.4, 0.5) is 5.69 Å². The number of carbonyl (C=O) groups is 3. The summed E-state index contributed by atoms with van der Waals surface area (Å²) in [6.45, 7) is 1.36. The van der Waals surface area contributed by atoms with Gasteiger partial charge in [-0.15, -0.1) is 0 Å². The lowest BCUT2D eigenvalue weighted by molar-refractivity contribution is -0.124. The molecule has 0 aliphatic heterocycles. The first-order valence-corrected chi connectivity index (χ1v) is 4.96. The summed E-state index contributed by atoms with van der Waals surface area (Å²) in [5, 5.41) is 2.58. The van der Waals surface area contributed by atoms with Crippen molar-refractivity contribution < 1.29 is 14.4 Å². The Balaban J connectivity index is 2.65. The smallest absolute Gasteiger partial charge is 0.231 e. The van der Waals surface area contributed by atoms with E-state index in [2.05, 4.69) is 17.2 Å². The molecule has 0 spiro atoms. The number of nitrogens with one attached hydrogen (secondary N) is 1. The molecule has 1 amide bonds. The van der Waals surface area contributed by atoms with Crippen LogP contribution in [-0.4, -0.2) is 18.0 Å². The molecule has 0 atom stereocenters. The highest BCUT2D eigenvalue weighted by Crippen LogP contribution is 2.09. The fourth-order valence-electron chi connectivity index (χ4n) is 1.18. The van der Waals surface area contributed by atoms with Gasteiger partial charge in [-0.2, -0.15) is 0 Å². The molecule has 1 aromatic rings. The van der Waals surface area contributed by atoms with E-state index in [1.54, 1.807) is 24.3 Å². The summed E-state index contributed by atoms with van der Waals surface area (Å²) in [5.74, 6) is 4.38. The van der Waals surface area contributed by atoms with Gasteiger partial charge in [0.2, 0.25) is 5.91 Å². The maximum absolute atomic E-state index is 11.3. The highest BCUT2D eigenvalue weighted by atomic mass is 16.2. The number of aldehydes is 1. The summed E-state index contributed by atoms with van der Waals surface area (Å²) in [5.41, 5.74) is 1.27. The Morgan fingerprint density at radius 2 is 1.94 bits per heavy atom. The molecular formula is C13H11NO3. The number of ketones is 1. The van der Waals surface area contributed by atoms with Crippen LogP contribution in [0.25, 0.3) is 0 Å². The second-order valence-electron chi connectivity index (χ2n) is 3.39. The molecule has 4 nitrogen and oxygen atoms in total. The quantitative estimate of drug-likeness (QED) is 0.480. The third-order valence-electron chi connectivity index (χ3n) is 1.85. The van der Waals surface area contributed by atoms with Gasteiger partial charge in [-0.3, -0.25) is 14.4 Å². The van der Waals surface area contributed by atoms with E-state index in [1.165, 1.54) is 6.92 Å². The van der Waals surface area contributed by atoms with Gasteiger partial charge in [0.25, 0.3) is 0 Å². The van der Waals surface area contributed by atoms with Gasteiger partial charge in [0.15, 0.2) is 6.29 Å². The Kier molecular flexibility index (Phi) is 4.64. The molecule has 1 aromatic carbocycles. The fourth-order valence-corrected chi connectivity index (χ4v) is 1.18. The van der Waals surface area contributed by atoms with Crippen LogP contribution in [0.2, 0.25) is 0 Å². The van der Waals surface area contributed by atoms with Gasteiger partial charge < -0.3 is 5.32 Å². The third-order valence-corrected chi connectivity index (χ3v) is 1.85. The Morgan fingerprint density at radius 1 is 1.29 bits per heavy atom. The molecule has 4 heteroatoms. The maximum Gasteiger partial charge on any atom is 0.231 e. The summed E-state index contributed by atoms with van der Waals surface area (Å²) in [4.78, 5) is 32.0. The van der Waals surface area contributed by atoms with Gasteiger partial charge in [-0.05, 0) is 37.1 Å². The van der Waals surface area contributed by atoms with E-state index in [-0.39, 0.29) is 18.1 Å². The topological polar surface area (TPSA) is 63.2 Å². The zero-order chi connectivity index (χ0) is 12.7. The number of carbonyl (C=O) groups excluding carboxylic acids is 3. The minimum Gasteiger partial charge on any atom is -0.326 e. The molecule has 0 saturated carbocycles. The Labute approximate surface area is 99.0 Å². The fraction of sp³-hybridized carbons (Fsp3) is 0.154. The normalized spacial score (nSPS) is 8.76. The number of benzene rings is 1. The van der Waals surface area contributed by atoms with Crippen LogP contribution in [0.5, 0.6) is 0 Å². The molecule has 0 bridgehead atoms. The van der Waals surface area contributed by atoms with Crippen molar-refractivity contribution >= 4 is 23.7 Å². The molecule has 0 fully saturated rings. The van der Waals surface area contributed by atoms with E-state index in [9.17, 15) is 14.4 Å². The van der Waals surface area contributed by atoms with E-state index in [1.807, 2.05) is 0 Å². The lowest BCUT2D eigenvalue weighted by Crippen LogP contribution is -2.14. The van der Waals surface area contributed by atoms with Crippen molar-refractivity contribution in [2.45, 2.75) is 13.3 Å². The maximum atomic E-state index is 11.3. The first kappa shape index (κ1) is 12.7. The van der Waals surface area contributed by atoms with Crippen molar-refractivity contribution in [3.05, 3.63) is 29.8 Å². The first-order chi connectivity index (χ1) is 8.11. The van der Waals surface area contributed by atoms with E-state index in [0.29, 0.717) is 17.5 Å². The number of amides is 1. The van der Waals surface area contributed by atoms with Gasteiger partial charge in [-0.1, -0.05) is 5.92 Å². The molecule has 0 heterocycles. The summed E-state index contributed by atoms with van der Waals surface area (Å²) >= 11 is 0. The molecule has 86 valence electrons. The van der Waals surface area contributed by atoms with Crippen LogP contribution in [0.3, 0.4) is 0 Å². The molecular weight excluding hydrogens is 218 g/mol. The average Bonchev–Trinajstić information content (AvgIpc) is 2.27. The molecule has 1 rings (SSSR count). The van der Waals surface area contributed by atoms with Crippen LogP contribution in [0.15, 0.2) is 24.3 Å². The summed E-state index contributed by atoms with van der Waals surface area (Å²) < 4.78 is 0. The second kappa shape index (κ2) is 6.23. The lowest BCUT2D eigenvalue weighted by atomic mass is 10.2. The average molecular weight is 229 g/mol. The van der Waals surface area contributed by atoms with Crippen LogP contribution in [0.1, 0.15) is 18.9 Å². The number of hydrogen-bond donors (Lipinski definition) is 1. The van der Waals surface area contributed by atoms with Crippen LogP contribution >= 0.6 is 0 Å². The largest absolute Gasteiger partial charge is 0.326 e. The molecule has 0 aliphatic carbocycles. The monoisotopic (exact) mass is 229 g/mol. The summed E-state index contributed by atoms with van der Waals surface area (Å²) in [6, 6.07) is 6.68. The Bertz CT molecular complexity index is 492. The second-order valence-corrected chi connectivity index (χ2v) is 3.39. The van der Waals surface area contributed by atoms with Crippen molar-refractivity contribution in [2.75, 3.05) is 5.32 Å². The van der Waals surface area contributed by atoms with Gasteiger partial charge in [0, 0.05) is 11.3 Å². The Morgan fingerprint density at radius 3 is 2.47 bits per heavy atom. The number of Topliss-reactive ketones (excluding diaryl/α,β-unsaturated/α-hetero) is 1. The van der Waals surface area contributed by atoms with Crippen LogP contribution in [-0.2, 0) is 14.4 Å². The minimum atomic E-state index is -0.343. The number of hydrogen-bond acceptors (Lipinski definition) is 3. The molecule has 17 heavy (non-hydrogen) atoms. The number of anilines is 1. The molecule has 0 aromatic heterocycles. The van der Waals surface area contributed by atoms with Gasteiger partial charge in [0.1, 0.15) is 5.78 Å². The van der Waals surface area contributed by atoms with Gasteiger partial charge in [-0.25, -0.2) is 0 Å². The SMILES string of the molecule is CC(=O)CC(=O)Nc1ccc(C#CC=O)cc1. The highest BCUT2D eigenvalue weighted by molar-refractivity contribution is 6.03. The van der Waals surface area contributed by atoms with Crippen molar-refractivity contribution in [3.8, 4) is 11.8 Å². The molecule has 0 aliphatic rings. The van der Waals surface area contributed by atoms with E-state index in [4.69, 9.17) is 0 Å². The molecule has 0 radical (unpaired) electrons. The zero-order valence-electron chi connectivity index (χ0n) is 9.32. The first-order valence-electron chi connectivity index (χ1n) is 4.96. The Hall–Kier alpha value is -2.41. The highest BCUT2D eigenvalue weighted by Gasteiger charge is 2.04. The predicted octanol–water partition coefficient (Wildman–Crippen LogP) is 1.15. The van der Waals surface area contributed by atoms with Crippen molar-refractivity contribution in [2.24, 2.45) is 0 Å². The summed E-state index contributed by atoms with van der Waals surface area (Å²) in [7, 11) is 0. The van der Waals surface area contributed by atoms with Crippen LogP contribution in [0, 0.1) is 11.8 Å². The van der Waals surface area contributed by atoms with E-state index in [0.717, 1.165) is 0 Å². The molecule has 1 N–H and O–H groups in total. The van der Waals surface area contributed by atoms with Crippen molar-refractivity contribution in [3.63, 3.8) is 0 Å². The van der Waals surface area contributed by atoms with Crippen molar-refractivity contribution in [1.82, 2.24) is 0 Å². The predicted molar refractivity (Wildman–Crippen MR) is 63.3 cm³/mol. The summed E-state index contributed by atoms with van der Waals surface area (Å²) in [6.07, 6.45) is 0.384.